The molecule has 1 aromatic rings. The van der Waals surface area contributed by atoms with Gasteiger partial charge < -0.3 is 20.3 Å². The van der Waals surface area contributed by atoms with Crippen LogP contribution in [0.2, 0.25) is 0 Å². The number of hydrogen-bond donors (Lipinski definition) is 1. The molecule has 1 atom stereocenters. The van der Waals surface area contributed by atoms with Gasteiger partial charge in [-0.05, 0) is 5.56 Å². The number of carbonyl (C=O) groups is 1. The number of guanidine groups is 1. The van der Waals surface area contributed by atoms with E-state index in [-0.39, 0.29) is 35.8 Å². The SMILES string of the molecule is I.NC(=NCC(C(=O)N1CCOCC1)c1ccccc1)N1CCSCC1. The Labute approximate surface area is 176 Å². The Kier molecular flexibility index (Phi) is 9.00. The largest absolute Gasteiger partial charge is 0.378 e. The van der Waals surface area contributed by atoms with Gasteiger partial charge in [0.05, 0.1) is 25.7 Å². The summed E-state index contributed by atoms with van der Waals surface area (Å²) in [6, 6.07) is 9.87. The van der Waals surface area contributed by atoms with Gasteiger partial charge in [0.25, 0.3) is 0 Å². The highest BCUT2D eigenvalue weighted by atomic mass is 127. The molecule has 26 heavy (non-hydrogen) atoms. The van der Waals surface area contributed by atoms with Crippen molar-refractivity contribution < 1.29 is 9.53 Å². The molecule has 8 heteroatoms. The number of nitrogens with two attached hydrogens (primary N) is 1. The minimum Gasteiger partial charge on any atom is -0.378 e. The van der Waals surface area contributed by atoms with Gasteiger partial charge in [-0.2, -0.15) is 11.8 Å². The number of rotatable bonds is 4. The maximum absolute atomic E-state index is 13.0. The number of nitrogens with zero attached hydrogens (tertiary/aromatic N) is 3. The molecule has 2 fully saturated rings. The summed E-state index contributed by atoms with van der Waals surface area (Å²) in [4.78, 5) is 21.6. The Morgan fingerprint density at radius 1 is 1.12 bits per heavy atom. The molecule has 1 unspecified atom stereocenters. The molecule has 144 valence electrons. The fraction of sp³-hybridized carbons (Fsp3) is 0.556. The summed E-state index contributed by atoms with van der Waals surface area (Å²) in [5.74, 6) is 2.52. The zero-order valence-corrected chi connectivity index (χ0v) is 18.0. The van der Waals surface area contributed by atoms with Gasteiger partial charge in [-0.25, -0.2) is 0 Å². The van der Waals surface area contributed by atoms with Gasteiger partial charge in [-0.3, -0.25) is 9.79 Å². The second kappa shape index (κ2) is 11.0. The lowest BCUT2D eigenvalue weighted by atomic mass is 9.97. The number of ether oxygens (including phenoxy) is 1. The van der Waals surface area contributed by atoms with E-state index in [1.54, 1.807) is 0 Å². The molecule has 0 aromatic heterocycles. The van der Waals surface area contributed by atoms with Crippen LogP contribution in [0.3, 0.4) is 0 Å². The van der Waals surface area contributed by atoms with E-state index in [4.69, 9.17) is 10.5 Å². The standard InChI is InChI=1S/C18H26N4O2S.HI/c19-18(22-8-12-25-13-9-22)20-14-16(15-4-2-1-3-5-15)17(23)21-6-10-24-11-7-21;/h1-5,16H,6-14H2,(H2,19,20);1H. The molecule has 0 aliphatic carbocycles. The maximum atomic E-state index is 13.0. The van der Waals surface area contributed by atoms with Crippen LogP contribution < -0.4 is 5.73 Å². The average molecular weight is 490 g/mol. The molecule has 0 saturated carbocycles. The summed E-state index contributed by atoms with van der Waals surface area (Å²) in [6.45, 7) is 4.72. The van der Waals surface area contributed by atoms with Crippen LogP contribution in [-0.4, -0.2) is 79.1 Å². The smallest absolute Gasteiger partial charge is 0.232 e. The van der Waals surface area contributed by atoms with E-state index >= 15 is 0 Å². The zero-order valence-electron chi connectivity index (χ0n) is 14.9. The highest BCUT2D eigenvalue weighted by Gasteiger charge is 2.27. The first kappa shape index (κ1) is 21.3. The van der Waals surface area contributed by atoms with Crippen molar-refractivity contribution >= 4 is 47.6 Å². The van der Waals surface area contributed by atoms with Gasteiger partial charge in [0.2, 0.25) is 5.91 Å². The van der Waals surface area contributed by atoms with Crippen LogP contribution in [0.1, 0.15) is 11.5 Å². The molecule has 6 nitrogen and oxygen atoms in total. The quantitative estimate of drug-likeness (QED) is 0.395. The van der Waals surface area contributed by atoms with Crippen LogP contribution in [0, 0.1) is 0 Å². The zero-order chi connectivity index (χ0) is 17.5. The normalized spacial score (nSPS) is 19.6. The second-order valence-electron chi connectivity index (χ2n) is 6.20. The van der Waals surface area contributed by atoms with Crippen molar-refractivity contribution in [2.75, 3.05) is 57.4 Å². The maximum Gasteiger partial charge on any atom is 0.232 e. The van der Waals surface area contributed by atoms with E-state index in [1.165, 1.54) is 0 Å². The van der Waals surface area contributed by atoms with Gasteiger partial charge in [0.15, 0.2) is 5.96 Å². The predicted molar refractivity (Wildman–Crippen MR) is 117 cm³/mol. The topological polar surface area (TPSA) is 71.2 Å². The predicted octanol–water partition coefficient (Wildman–Crippen LogP) is 1.61. The number of hydrogen-bond acceptors (Lipinski definition) is 4. The van der Waals surface area contributed by atoms with Gasteiger partial charge in [-0.15, -0.1) is 24.0 Å². The van der Waals surface area contributed by atoms with Gasteiger partial charge in [0, 0.05) is 37.7 Å². The molecule has 0 radical (unpaired) electrons. The van der Waals surface area contributed by atoms with Crippen LogP contribution in [0.25, 0.3) is 0 Å². The molecular weight excluding hydrogens is 463 g/mol. The molecule has 1 amide bonds. The lowest BCUT2D eigenvalue weighted by Gasteiger charge is -2.31. The Morgan fingerprint density at radius 2 is 1.77 bits per heavy atom. The van der Waals surface area contributed by atoms with Crippen molar-refractivity contribution in [3.63, 3.8) is 0 Å². The van der Waals surface area contributed by atoms with E-state index in [2.05, 4.69) is 9.89 Å². The number of carbonyl (C=O) groups excluding carboxylic acids is 1. The lowest BCUT2D eigenvalue weighted by Crippen LogP contribution is -2.45. The first-order chi connectivity index (χ1) is 12.3. The van der Waals surface area contributed by atoms with Crippen LogP contribution in [0.4, 0.5) is 0 Å². The fourth-order valence-electron chi connectivity index (χ4n) is 3.09. The van der Waals surface area contributed by atoms with Crippen LogP contribution in [-0.2, 0) is 9.53 Å². The summed E-state index contributed by atoms with van der Waals surface area (Å²) in [6.07, 6.45) is 0. The summed E-state index contributed by atoms with van der Waals surface area (Å²) in [5.41, 5.74) is 7.17. The summed E-state index contributed by atoms with van der Waals surface area (Å²) in [7, 11) is 0. The second-order valence-corrected chi connectivity index (χ2v) is 7.42. The summed E-state index contributed by atoms with van der Waals surface area (Å²) >= 11 is 1.94. The molecule has 1 aromatic carbocycles. The van der Waals surface area contributed by atoms with Gasteiger partial charge >= 0.3 is 0 Å². The molecule has 3 rings (SSSR count). The minimum atomic E-state index is -0.294. The van der Waals surface area contributed by atoms with E-state index in [1.807, 2.05) is 47.0 Å². The number of aliphatic imine (C=N–C) groups is 1. The van der Waals surface area contributed by atoms with E-state index < -0.39 is 0 Å². The fourth-order valence-corrected chi connectivity index (χ4v) is 4.00. The molecule has 2 aliphatic rings. The minimum absolute atomic E-state index is 0. The van der Waals surface area contributed by atoms with Crippen molar-refractivity contribution in [3.8, 4) is 0 Å². The summed E-state index contributed by atoms with van der Waals surface area (Å²) < 4.78 is 5.36. The Morgan fingerprint density at radius 3 is 2.42 bits per heavy atom. The van der Waals surface area contributed by atoms with Crippen LogP contribution in [0.15, 0.2) is 35.3 Å². The third kappa shape index (κ3) is 5.75. The monoisotopic (exact) mass is 490 g/mol. The van der Waals surface area contributed by atoms with E-state index in [9.17, 15) is 4.79 Å². The molecule has 0 bridgehead atoms. The van der Waals surface area contributed by atoms with Gasteiger partial charge in [-0.1, -0.05) is 30.3 Å². The molecule has 2 heterocycles. The van der Waals surface area contributed by atoms with Gasteiger partial charge in [0.1, 0.15) is 0 Å². The lowest BCUT2D eigenvalue weighted by molar-refractivity contribution is -0.136. The molecule has 2 N–H and O–H groups in total. The van der Waals surface area contributed by atoms with Crippen molar-refractivity contribution in [2.24, 2.45) is 10.7 Å². The number of halogens is 1. The summed E-state index contributed by atoms with van der Waals surface area (Å²) in [5, 5.41) is 0. The Balaban J connectivity index is 0.00000243. The number of amides is 1. The van der Waals surface area contributed by atoms with Crippen molar-refractivity contribution in [3.05, 3.63) is 35.9 Å². The highest BCUT2D eigenvalue weighted by molar-refractivity contribution is 14.0. The third-order valence-corrected chi connectivity index (χ3v) is 5.54. The average Bonchev–Trinajstić information content (AvgIpc) is 2.70. The third-order valence-electron chi connectivity index (χ3n) is 4.59. The van der Waals surface area contributed by atoms with E-state index in [0.29, 0.717) is 38.8 Å². The number of thioether (sulfide) groups is 1. The van der Waals surface area contributed by atoms with E-state index in [0.717, 1.165) is 30.2 Å². The first-order valence-corrected chi connectivity index (χ1v) is 9.95. The van der Waals surface area contributed by atoms with Crippen LogP contribution in [0.5, 0.6) is 0 Å². The van der Waals surface area contributed by atoms with Crippen molar-refractivity contribution in [2.45, 2.75) is 5.92 Å². The molecule has 0 spiro atoms. The van der Waals surface area contributed by atoms with Crippen molar-refractivity contribution in [1.29, 1.82) is 0 Å². The molecular formula is C18H27IN4O2S. The first-order valence-electron chi connectivity index (χ1n) is 8.80. The molecule has 2 aliphatic heterocycles. The molecule has 2 saturated heterocycles. The number of morpholine rings is 1. The Hall–Kier alpha value is -1.000. The van der Waals surface area contributed by atoms with Crippen molar-refractivity contribution in [1.82, 2.24) is 9.80 Å². The Bertz CT molecular complexity index is 590. The highest BCUT2D eigenvalue weighted by Crippen LogP contribution is 2.20. The number of benzene rings is 1. The van der Waals surface area contributed by atoms with Crippen LogP contribution >= 0.6 is 35.7 Å².